The molecule has 1 atom stereocenters. The average molecular weight is 330 g/mol. The lowest BCUT2D eigenvalue weighted by Crippen LogP contribution is -2.40. The number of nitrogens with one attached hydrogen (secondary N) is 2. The summed E-state index contributed by atoms with van der Waals surface area (Å²) in [4.78, 5) is 11.9. The summed E-state index contributed by atoms with van der Waals surface area (Å²) in [7, 11) is 0. The zero-order valence-electron chi connectivity index (χ0n) is 13.6. The molecule has 5 nitrogen and oxygen atoms in total. The van der Waals surface area contributed by atoms with Crippen molar-refractivity contribution in [2.45, 2.75) is 39.7 Å². The quantitative estimate of drug-likeness (QED) is 0.686. The molecule has 1 unspecified atom stereocenters. The third-order valence-electron chi connectivity index (χ3n) is 3.12. The van der Waals surface area contributed by atoms with Crippen LogP contribution < -0.4 is 15.4 Å². The molecule has 0 heterocycles. The molecular formula is C16H24F2N2O3. The molecule has 0 aliphatic carbocycles. The second-order valence-electron chi connectivity index (χ2n) is 5.79. The maximum absolute atomic E-state index is 12.2. The van der Waals surface area contributed by atoms with E-state index in [0.29, 0.717) is 29.3 Å². The van der Waals surface area contributed by atoms with E-state index in [1.54, 1.807) is 19.1 Å². The Kier molecular flexibility index (Phi) is 7.74. The molecule has 2 amide bonds. The summed E-state index contributed by atoms with van der Waals surface area (Å²) in [6.07, 6.45) is -1.91. The van der Waals surface area contributed by atoms with Crippen LogP contribution in [0, 0.1) is 12.8 Å². The third kappa shape index (κ3) is 7.27. The number of aryl methyl sites for hydroxylation is 1. The lowest BCUT2D eigenvalue weighted by molar-refractivity contribution is 0.0816. The lowest BCUT2D eigenvalue weighted by atomic mass is 10.0. The molecule has 0 bridgehead atoms. The molecule has 0 spiro atoms. The van der Waals surface area contributed by atoms with Crippen molar-refractivity contribution in [1.82, 2.24) is 5.32 Å². The molecule has 1 aromatic rings. The SMILES string of the molecule is Cc1ccc(NC(=O)NC(CO)CC(C)C)cc1OCC(F)F. The van der Waals surface area contributed by atoms with E-state index in [0.717, 1.165) is 0 Å². The highest BCUT2D eigenvalue weighted by atomic mass is 19.3. The molecule has 130 valence electrons. The fraction of sp³-hybridized carbons (Fsp3) is 0.562. The Morgan fingerprint density at radius 1 is 1.35 bits per heavy atom. The summed E-state index contributed by atoms with van der Waals surface area (Å²) in [5, 5.41) is 14.5. The maximum Gasteiger partial charge on any atom is 0.319 e. The van der Waals surface area contributed by atoms with E-state index in [1.165, 1.54) is 6.07 Å². The van der Waals surface area contributed by atoms with Crippen molar-refractivity contribution in [3.63, 3.8) is 0 Å². The summed E-state index contributed by atoms with van der Waals surface area (Å²) in [6, 6.07) is 4.02. The van der Waals surface area contributed by atoms with Gasteiger partial charge < -0.3 is 20.5 Å². The molecule has 0 fully saturated rings. The smallest absolute Gasteiger partial charge is 0.319 e. The first kappa shape index (κ1) is 19.2. The summed E-state index contributed by atoms with van der Waals surface area (Å²) in [5.74, 6) is 0.630. The number of benzene rings is 1. The Hall–Kier alpha value is -1.89. The fourth-order valence-corrected chi connectivity index (χ4v) is 2.09. The van der Waals surface area contributed by atoms with Gasteiger partial charge in [-0.25, -0.2) is 13.6 Å². The molecule has 0 saturated heterocycles. The zero-order chi connectivity index (χ0) is 17.4. The van der Waals surface area contributed by atoms with Gasteiger partial charge in [0.15, 0.2) is 0 Å². The second-order valence-corrected chi connectivity index (χ2v) is 5.79. The largest absolute Gasteiger partial charge is 0.487 e. The fourth-order valence-electron chi connectivity index (χ4n) is 2.09. The van der Waals surface area contributed by atoms with E-state index in [9.17, 15) is 18.7 Å². The van der Waals surface area contributed by atoms with E-state index in [4.69, 9.17) is 4.74 Å². The van der Waals surface area contributed by atoms with Crippen LogP contribution in [0.25, 0.3) is 0 Å². The van der Waals surface area contributed by atoms with Crippen molar-refractivity contribution in [2.75, 3.05) is 18.5 Å². The Labute approximate surface area is 135 Å². The van der Waals surface area contributed by atoms with Gasteiger partial charge in [0.25, 0.3) is 6.43 Å². The number of hydrogen-bond acceptors (Lipinski definition) is 3. The molecule has 3 N–H and O–H groups in total. The highest BCUT2D eigenvalue weighted by molar-refractivity contribution is 5.89. The topological polar surface area (TPSA) is 70.6 Å². The zero-order valence-corrected chi connectivity index (χ0v) is 13.6. The summed E-state index contributed by atoms with van der Waals surface area (Å²) < 4.78 is 29.5. The first-order valence-electron chi connectivity index (χ1n) is 7.51. The highest BCUT2D eigenvalue weighted by Gasteiger charge is 2.14. The van der Waals surface area contributed by atoms with E-state index >= 15 is 0 Å². The lowest BCUT2D eigenvalue weighted by Gasteiger charge is -2.19. The van der Waals surface area contributed by atoms with Gasteiger partial charge in [-0.15, -0.1) is 0 Å². The van der Waals surface area contributed by atoms with Crippen LogP contribution in [0.5, 0.6) is 5.75 Å². The molecule has 1 aromatic carbocycles. The molecule has 23 heavy (non-hydrogen) atoms. The summed E-state index contributed by atoms with van der Waals surface area (Å²) >= 11 is 0. The maximum atomic E-state index is 12.2. The Morgan fingerprint density at radius 2 is 2.04 bits per heavy atom. The number of anilines is 1. The van der Waals surface area contributed by atoms with Crippen molar-refractivity contribution in [3.8, 4) is 5.75 Å². The number of urea groups is 1. The van der Waals surface area contributed by atoms with Gasteiger partial charge in [-0.1, -0.05) is 19.9 Å². The van der Waals surface area contributed by atoms with Gasteiger partial charge in [0, 0.05) is 11.8 Å². The predicted octanol–water partition coefficient (Wildman–Crippen LogP) is 3.17. The number of aliphatic hydroxyl groups is 1. The van der Waals surface area contributed by atoms with Gasteiger partial charge in [0.05, 0.1) is 12.6 Å². The van der Waals surface area contributed by atoms with Gasteiger partial charge in [-0.2, -0.15) is 0 Å². The van der Waals surface area contributed by atoms with Gasteiger partial charge in [0.2, 0.25) is 0 Å². The van der Waals surface area contributed by atoms with E-state index in [2.05, 4.69) is 10.6 Å². The molecular weight excluding hydrogens is 306 g/mol. The van der Waals surface area contributed by atoms with Crippen molar-refractivity contribution < 1.29 is 23.4 Å². The van der Waals surface area contributed by atoms with E-state index in [1.807, 2.05) is 13.8 Å². The standard InChI is InChI=1S/C16H24F2N2O3/c1-10(2)6-13(8-21)20-16(22)19-12-5-4-11(3)14(7-12)23-9-15(17)18/h4-5,7,10,13,15,21H,6,8-9H2,1-3H3,(H2,19,20,22). The van der Waals surface area contributed by atoms with Crippen molar-refractivity contribution in [1.29, 1.82) is 0 Å². The van der Waals surface area contributed by atoms with Crippen molar-refractivity contribution >= 4 is 11.7 Å². The molecule has 0 aliphatic heterocycles. The monoisotopic (exact) mass is 330 g/mol. The minimum Gasteiger partial charge on any atom is -0.487 e. The number of rotatable bonds is 8. The highest BCUT2D eigenvalue weighted by Crippen LogP contribution is 2.23. The minimum atomic E-state index is -2.56. The van der Waals surface area contributed by atoms with Crippen LogP contribution in [0.4, 0.5) is 19.3 Å². The second kappa shape index (κ2) is 9.29. The van der Waals surface area contributed by atoms with E-state index in [-0.39, 0.29) is 12.6 Å². The van der Waals surface area contributed by atoms with Crippen LogP contribution in [-0.4, -0.2) is 36.8 Å². The van der Waals surface area contributed by atoms with Crippen LogP contribution in [0.3, 0.4) is 0 Å². The van der Waals surface area contributed by atoms with Crippen LogP contribution in [0.15, 0.2) is 18.2 Å². The number of carbonyl (C=O) groups is 1. The normalized spacial score (nSPS) is 12.3. The minimum absolute atomic E-state index is 0.151. The van der Waals surface area contributed by atoms with E-state index < -0.39 is 19.1 Å². The average Bonchev–Trinajstić information content (AvgIpc) is 2.46. The molecule has 1 rings (SSSR count). The number of aliphatic hydroxyl groups excluding tert-OH is 1. The Morgan fingerprint density at radius 3 is 2.61 bits per heavy atom. The third-order valence-corrected chi connectivity index (χ3v) is 3.12. The number of amides is 2. The molecule has 0 aromatic heterocycles. The van der Waals surface area contributed by atoms with Gasteiger partial charge in [0.1, 0.15) is 12.4 Å². The van der Waals surface area contributed by atoms with Gasteiger partial charge in [-0.3, -0.25) is 0 Å². The van der Waals surface area contributed by atoms with Crippen LogP contribution in [-0.2, 0) is 0 Å². The number of alkyl halides is 2. The number of ether oxygens (including phenoxy) is 1. The molecule has 7 heteroatoms. The molecule has 0 aliphatic rings. The Bertz CT molecular complexity index is 510. The molecule has 0 saturated carbocycles. The predicted molar refractivity (Wildman–Crippen MR) is 85.2 cm³/mol. The van der Waals surface area contributed by atoms with Crippen molar-refractivity contribution in [2.24, 2.45) is 5.92 Å². The number of hydrogen-bond donors (Lipinski definition) is 3. The number of carbonyl (C=O) groups excluding carboxylic acids is 1. The Balaban J connectivity index is 2.65. The first-order valence-corrected chi connectivity index (χ1v) is 7.51. The van der Waals surface area contributed by atoms with Gasteiger partial charge >= 0.3 is 6.03 Å². The number of halogens is 2. The van der Waals surface area contributed by atoms with Gasteiger partial charge in [-0.05, 0) is 30.9 Å². The first-order chi connectivity index (χ1) is 10.8. The van der Waals surface area contributed by atoms with Crippen LogP contribution in [0.1, 0.15) is 25.8 Å². The summed E-state index contributed by atoms with van der Waals surface area (Å²) in [5.41, 5.74) is 1.13. The molecule has 0 radical (unpaired) electrons. The van der Waals surface area contributed by atoms with Crippen LogP contribution in [0.2, 0.25) is 0 Å². The van der Waals surface area contributed by atoms with Crippen LogP contribution >= 0.6 is 0 Å². The summed E-state index contributed by atoms with van der Waals surface area (Å²) in [6.45, 7) is 4.87. The van der Waals surface area contributed by atoms with Crippen molar-refractivity contribution in [3.05, 3.63) is 23.8 Å².